The molecule has 0 aliphatic heterocycles. The van der Waals surface area contributed by atoms with Crippen LogP contribution in [0, 0.1) is 11.6 Å². The highest BCUT2D eigenvalue weighted by atomic mass is 35.5. The lowest BCUT2D eigenvalue weighted by atomic mass is 10.1. The maximum absolute atomic E-state index is 13.3. The van der Waals surface area contributed by atoms with Crippen LogP contribution in [0.5, 0.6) is 0 Å². The van der Waals surface area contributed by atoms with Crippen LogP contribution in [0.15, 0.2) is 55.1 Å². The van der Waals surface area contributed by atoms with Crippen molar-refractivity contribution in [3.05, 3.63) is 82.9 Å². The van der Waals surface area contributed by atoms with E-state index in [0.29, 0.717) is 0 Å². The van der Waals surface area contributed by atoms with Crippen molar-refractivity contribution in [2.75, 3.05) is 0 Å². The Balaban J connectivity index is 1.74. The Morgan fingerprint density at radius 1 is 1.20 bits per heavy atom. The lowest BCUT2D eigenvalue weighted by molar-refractivity contribution is 0.0939. The molecule has 1 atom stereocenters. The van der Waals surface area contributed by atoms with E-state index in [1.807, 2.05) is 35.0 Å². The van der Waals surface area contributed by atoms with Gasteiger partial charge in [-0.25, -0.2) is 13.8 Å². The van der Waals surface area contributed by atoms with Gasteiger partial charge >= 0.3 is 0 Å². The molecule has 0 unspecified atom stereocenters. The van der Waals surface area contributed by atoms with Crippen molar-refractivity contribution in [1.29, 1.82) is 0 Å². The molecule has 0 saturated carbocycles. The van der Waals surface area contributed by atoms with Crippen molar-refractivity contribution in [1.82, 2.24) is 14.9 Å². The van der Waals surface area contributed by atoms with Crippen molar-refractivity contribution >= 4 is 17.5 Å². The lowest BCUT2D eigenvalue weighted by Crippen LogP contribution is -2.27. The first-order valence-corrected chi connectivity index (χ1v) is 7.87. The first-order valence-electron chi connectivity index (χ1n) is 7.49. The number of nitrogens with one attached hydrogen (secondary N) is 1. The van der Waals surface area contributed by atoms with Crippen LogP contribution >= 0.6 is 11.6 Å². The maximum atomic E-state index is 13.3. The Hall–Kier alpha value is -2.73. The highest BCUT2D eigenvalue weighted by Gasteiger charge is 2.17. The van der Waals surface area contributed by atoms with Gasteiger partial charge in [0, 0.05) is 18.1 Å². The molecule has 1 N–H and O–H groups in total. The van der Waals surface area contributed by atoms with Gasteiger partial charge in [-0.2, -0.15) is 0 Å². The number of hydrogen-bond donors (Lipinski definition) is 1. The molecule has 0 aliphatic carbocycles. The molecule has 0 spiro atoms. The molecule has 0 bridgehead atoms. The molecule has 0 radical (unpaired) electrons. The third kappa shape index (κ3) is 3.69. The summed E-state index contributed by atoms with van der Waals surface area (Å²) in [4.78, 5) is 16.3. The van der Waals surface area contributed by atoms with E-state index in [-0.39, 0.29) is 16.6 Å². The number of aromatic nitrogens is 2. The zero-order valence-corrected chi connectivity index (χ0v) is 14.0. The van der Waals surface area contributed by atoms with Crippen LogP contribution in [-0.4, -0.2) is 15.5 Å². The van der Waals surface area contributed by atoms with Gasteiger partial charge < -0.3 is 9.88 Å². The fourth-order valence-corrected chi connectivity index (χ4v) is 2.64. The highest BCUT2D eigenvalue weighted by molar-refractivity contribution is 6.33. The zero-order chi connectivity index (χ0) is 18.0. The molecule has 3 rings (SSSR count). The summed E-state index contributed by atoms with van der Waals surface area (Å²) in [5, 5.41) is 2.58. The fraction of sp³-hybridized carbons (Fsp3) is 0.111. The molecule has 25 heavy (non-hydrogen) atoms. The fourth-order valence-electron chi connectivity index (χ4n) is 2.40. The van der Waals surface area contributed by atoms with Crippen molar-refractivity contribution in [2.24, 2.45) is 0 Å². The molecule has 4 nitrogen and oxygen atoms in total. The summed E-state index contributed by atoms with van der Waals surface area (Å²) in [5.74, 6) is -2.79. The molecule has 1 amide bonds. The van der Waals surface area contributed by atoms with Crippen LogP contribution in [0.25, 0.3) is 5.69 Å². The summed E-state index contributed by atoms with van der Waals surface area (Å²) in [7, 11) is 0. The molecule has 3 aromatic rings. The molecule has 0 aliphatic rings. The van der Waals surface area contributed by atoms with Crippen molar-refractivity contribution in [3.8, 4) is 5.69 Å². The summed E-state index contributed by atoms with van der Waals surface area (Å²) in [6.07, 6.45) is 5.19. The predicted octanol–water partition coefficient (Wildman–Crippen LogP) is 4.29. The van der Waals surface area contributed by atoms with Crippen LogP contribution in [0.3, 0.4) is 0 Å². The molecule has 1 heterocycles. The van der Waals surface area contributed by atoms with E-state index >= 15 is 0 Å². The second kappa shape index (κ2) is 7.03. The molecule has 0 fully saturated rings. The first kappa shape index (κ1) is 17.1. The predicted molar refractivity (Wildman–Crippen MR) is 90.8 cm³/mol. The lowest BCUT2D eigenvalue weighted by Gasteiger charge is -2.16. The summed E-state index contributed by atoms with van der Waals surface area (Å²) < 4.78 is 28.3. The van der Waals surface area contributed by atoms with Crippen LogP contribution in [0.4, 0.5) is 8.78 Å². The Labute approximate surface area is 148 Å². The quantitative estimate of drug-likeness (QED) is 0.704. The second-order valence-electron chi connectivity index (χ2n) is 5.50. The van der Waals surface area contributed by atoms with Gasteiger partial charge in [0.2, 0.25) is 0 Å². The van der Waals surface area contributed by atoms with Crippen molar-refractivity contribution < 1.29 is 13.6 Å². The van der Waals surface area contributed by atoms with E-state index in [2.05, 4.69) is 10.3 Å². The number of benzene rings is 2. The summed E-state index contributed by atoms with van der Waals surface area (Å²) in [5.41, 5.74) is 1.68. The van der Waals surface area contributed by atoms with E-state index in [9.17, 15) is 13.6 Å². The van der Waals surface area contributed by atoms with E-state index in [0.717, 1.165) is 23.4 Å². The number of amides is 1. The van der Waals surface area contributed by atoms with Crippen LogP contribution in [-0.2, 0) is 0 Å². The largest absolute Gasteiger partial charge is 0.345 e. The summed E-state index contributed by atoms with van der Waals surface area (Å²) >= 11 is 5.83. The Bertz CT molecular complexity index is 895. The van der Waals surface area contributed by atoms with Gasteiger partial charge in [0.15, 0.2) is 11.6 Å². The van der Waals surface area contributed by atoms with Crippen LogP contribution in [0.1, 0.15) is 28.9 Å². The van der Waals surface area contributed by atoms with Gasteiger partial charge in [-0.05, 0) is 36.8 Å². The van der Waals surface area contributed by atoms with Gasteiger partial charge in [0.25, 0.3) is 5.91 Å². The molecular weight excluding hydrogens is 348 g/mol. The van der Waals surface area contributed by atoms with E-state index in [1.54, 1.807) is 19.4 Å². The van der Waals surface area contributed by atoms with E-state index in [1.165, 1.54) is 0 Å². The Morgan fingerprint density at radius 3 is 2.52 bits per heavy atom. The Kier molecular flexibility index (Phi) is 4.81. The minimum absolute atomic E-state index is 0.109. The number of halogens is 3. The number of hydrogen-bond acceptors (Lipinski definition) is 2. The average Bonchev–Trinajstić information content (AvgIpc) is 3.12. The number of rotatable bonds is 4. The highest BCUT2D eigenvalue weighted by Crippen LogP contribution is 2.22. The standard InChI is InChI=1S/C18H14ClF2N3O/c1-11(12-2-4-13(5-3-12)24-7-6-22-10-24)23-18(25)14-8-16(20)17(21)9-15(14)19/h2-11H,1H3,(H,23,25)/t11-/m0/s1. The van der Waals surface area contributed by atoms with Crippen LogP contribution in [0.2, 0.25) is 5.02 Å². The van der Waals surface area contributed by atoms with Gasteiger partial charge in [0.1, 0.15) is 0 Å². The van der Waals surface area contributed by atoms with Crippen molar-refractivity contribution in [2.45, 2.75) is 13.0 Å². The molecular formula is C18H14ClF2N3O. The summed E-state index contributed by atoms with van der Waals surface area (Å²) in [6, 6.07) is 8.76. The first-order chi connectivity index (χ1) is 12.0. The van der Waals surface area contributed by atoms with Gasteiger partial charge in [-0.3, -0.25) is 4.79 Å². The van der Waals surface area contributed by atoms with Crippen LogP contribution < -0.4 is 5.32 Å². The molecule has 128 valence electrons. The molecule has 1 aromatic heterocycles. The molecule has 7 heteroatoms. The van der Waals surface area contributed by atoms with Gasteiger partial charge in [-0.1, -0.05) is 23.7 Å². The minimum atomic E-state index is -1.12. The van der Waals surface area contributed by atoms with Gasteiger partial charge in [0.05, 0.1) is 23.0 Å². The third-order valence-electron chi connectivity index (χ3n) is 3.80. The number of carbonyl (C=O) groups excluding carboxylic acids is 1. The normalized spacial score (nSPS) is 12.0. The number of nitrogens with zero attached hydrogens (tertiary/aromatic N) is 2. The van der Waals surface area contributed by atoms with E-state index in [4.69, 9.17) is 11.6 Å². The third-order valence-corrected chi connectivity index (χ3v) is 4.11. The number of imidazole rings is 1. The molecule has 0 saturated heterocycles. The minimum Gasteiger partial charge on any atom is -0.345 e. The zero-order valence-electron chi connectivity index (χ0n) is 13.2. The number of carbonyl (C=O) groups is 1. The summed E-state index contributed by atoms with van der Waals surface area (Å²) in [6.45, 7) is 1.79. The van der Waals surface area contributed by atoms with Gasteiger partial charge in [-0.15, -0.1) is 0 Å². The molecule has 2 aromatic carbocycles. The average molecular weight is 362 g/mol. The second-order valence-corrected chi connectivity index (χ2v) is 5.91. The topological polar surface area (TPSA) is 46.9 Å². The van der Waals surface area contributed by atoms with Crippen molar-refractivity contribution in [3.63, 3.8) is 0 Å². The smallest absolute Gasteiger partial charge is 0.253 e. The maximum Gasteiger partial charge on any atom is 0.253 e. The SMILES string of the molecule is C[C@H](NC(=O)c1cc(F)c(F)cc1Cl)c1ccc(-n2ccnc2)cc1. The van der Waals surface area contributed by atoms with E-state index < -0.39 is 17.5 Å². The monoisotopic (exact) mass is 361 g/mol. The Morgan fingerprint density at radius 2 is 1.88 bits per heavy atom.